The van der Waals surface area contributed by atoms with E-state index in [-0.39, 0.29) is 5.82 Å². The molecule has 4 aromatic rings. The Hall–Kier alpha value is -2.68. The van der Waals surface area contributed by atoms with E-state index in [4.69, 9.17) is 16.3 Å². The summed E-state index contributed by atoms with van der Waals surface area (Å²) in [6, 6.07) is 26.6. The molecule has 0 radical (unpaired) electrons. The Kier molecular flexibility index (Phi) is 7.57. The van der Waals surface area contributed by atoms with Crippen molar-refractivity contribution in [3.8, 4) is 0 Å². The molecule has 0 heterocycles. The summed E-state index contributed by atoms with van der Waals surface area (Å²) in [6.07, 6.45) is 4.31. The fourth-order valence-corrected chi connectivity index (χ4v) is 4.17. The smallest absolute Gasteiger partial charge is 0.134 e. The number of benzene rings is 4. The number of halogens is 2. The molecule has 0 amide bonds. The maximum atomic E-state index is 15.1. The summed E-state index contributed by atoms with van der Waals surface area (Å²) in [5.74, 6) is -0.102. The second kappa shape index (κ2) is 10.8. The summed E-state index contributed by atoms with van der Waals surface area (Å²) in [6.45, 7) is 0.746. The van der Waals surface area contributed by atoms with Gasteiger partial charge in [-0.15, -0.1) is 0 Å². The van der Waals surface area contributed by atoms with Gasteiger partial charge in [-0.25, -0.2) is 4.39 Å². The first-order valence-corrected chi connectivity index (χ1v) is 11.5. The Morgan fingerprint density at radius 3 is 1.91 bits per heavy atom. The second-order valence-corrected chi connectivity index (χ2v) is 8.72. The van der Waals surface area contributed by atoms with Crippen LogP contribution >= 0.6 is 11.6 Å². The van der Waals surface area contributed by atoms with E-state index in [1.54, 1.807) is 7.11 Å². The number of methoxy groups -OCH3 is 1. The van der Waals surface area contributed by atoms with E-state index in [2.05, 4.69) is 36.4 Å². The van der Waals surface area contributed by atoms with Gasteiger partial charge in [-0.05, 0) is 77.4 Å². The second-order valence-electron chi connectivity index (χ2n) is 8.28. The average Bonchev–Trinajstić information content (AvgIpc) is 2.82. The molecule has 0 saturated carbocycles. The third kappa shape index (κ3) is 5.76. The third-order valence-corrected chi connectivity index (χ3v) is 6.27. The van der Waals surface area contributed by atoms with Crippen LogP contribution < -0.4 is 0 Å². The highest BCUT2D eigenvalue weighted by Gasteiger charge is 2.09. The molecule has 0 aromatic heterocycles. The lowest BCUT2D eigenvalue weighted by atomic mass is 9.97. The van der Waals surface area contributed by atoms with Crippen molar-refractivity contribution in [3.05, 3.63) is 118 Å². The first-order chi connectivity index (χ1) is 15.6. The molecule has 0 aliphatic heterocycles. The van der Waals surface area contributed by atoms with Gasteiger partial charge in [0.15, 0.2) is 0 Å². The zero-order valence-corrected chi connectivity index (χ0v) is 19.2. The van der Waals surface area contributed by atoms with Gasteiger partial charge < -0.3 is 4.74 Å². The third-order valence-electron chi connectivity index (χ3n) is 6.01. The van der Waals surface area contributed by atoms with Gasteiger partial charge in [0.2, 0.25) is 0 Å². The summed E-state index contributed by atoms with van der Waals surface area (Å²) in [4.78, 5) is 0. The quantitative estimate of drug-likeness (QED) is 0.260. The van der Waals surface area contributed by atoms with E-state index in [9.17, 15) is 0 Å². The van der Waals surface area contributed by atoms with Gasteiger partial charge in [0.25, 0.3) is 0 Å². The molecule has 0 fully saturated rings. The molecule has 0 aliphatic rings. The molecule has 0 bridgehead atoms. The van der Waals surface area contributed by atoms with Gasteiger partial charge in [0, 0.05) is 17.5 Å². The van der Waals surface area contributed by atoms with Gasteiger partial charge in [-0.3, -0.25) is 0 Å². The van der Waals surface area contributed by atoms with E-state index in [0.717, 1.165) is 53.8 Å². The lowest BCUT2D eigenvalue weighted by Gasteiger charge is -2.09. The number of aryl methyl sites for hydroxylation is 4. The van der Waals surface area contributed by atoms with Crippen LogP contribution in [-0.2, 0) is 36.8 Å². The van der Waals surface area contributed by atoms with Crippen molar-refractivity contribution >= 4 is 22.4 Å². The number of rotatable bonds is 9. The Morgan fingerprint density at radius 2 is 1.22 bits per heavy atom. The van der Waals surface area contributed by atoms with E-state index in [1.165, 1.54) is 16.7 Å². The van der Waals surface area contributed by atoms with Crippen molar-refractivity contribution in [1.82, 2.24) is 0 Å². The minimum Gasteiger partial charge on any atom is -0.384 e. The minimum absolute atomic E-state index is 0.102. The first kappa shape index (κ1) is 22.5. The molecular formula is C29H28ClFO. The average molecular weight is 447 g/mol. The Balaban J connectivity index is 1.40. The largest absolute Gasteiger partial charge is 0.384 e. The van der Waals surface area contributed by atoms with Gasteiger partial charge in [0.1, 0.15) is 5.82 Å². The highest BCUT2D eigenvalue weighted by atomic mass is 35.5. The topological polar surface area (TPSA) is 9.23 Å². The maximum Gasteiger partial charge on any atom is 0.134 e. The lowest BCUT2D eigenvalue weighted by Crippen LogP contribution is -1.97. The molecule has 0 atom stereocenters. The predicted molar refractivity (Wildman–Crippen MR) is 132 cm³/mol. The van der Waals surface area contributed by atoms with Gasteiger partial charge in [-0.2, -0.15) is 0 Å². The Labute approximate surface area is 194 Å². The van der Waals surface area contributed by atoms with Crippen LogP contribution in [0.15, 0.2) is 78.9 Å². The van der Waals surface area contributed by atoms with E-state index < -0.39 is 0 Å². The van der Waals surface area contributed by atoms with Crippen molar-refractivity contribution in [2.75, 3.05) is 13.7 Å². The summed E-state index contributed by atoms with van der Waals surface area (Å²) >= 11 is 5.95. The zero-order valence-electron chi connectivity index (χ0n) is 18.4. The standard InChI is InChI=1S/C29H28ClFO/c1-32-19-18-23-4-2-21(3-5-23)6-7-24-11-17-28-26(20-24)14-13-25(29(28)31)12-8-22-9-15-27(30)16-10-22/h2-5,9-11,13-17,20H,6-8,12,18-19H2,1H3. The molecule has 0 spiro atoms. The van der Waals surface area contributed by atoms with Crippen LogP contribution in [0.5, 0.6) is 0 Å². The minimum atomic E-state index is -0.102. The number of hydrogen-bond donors (Lipinski definition) is 0. The van der Waals surface area contributed by atoms with Crippen molar-refractivity contribution in [1.29, 1.82) is 0 Å². The molecule has 3 heteroatoms. The molecule has 164 valence electrons. The summed E-state index contributed by atoms with van der Waals surface area (Å²) < 4.78 is 20.3. The predicted octanol–water partition coefficient (Wildman–Crippen LogP) is 7.39. The van der Waals surface area contributed by atoms with Crippen LogP contribution in [0.1, 0.15) is 27.8 Å². The highest BCUT2D eigenvalue weighted by Crippen LogP contribution is 2.24. The Morgan fingerprint density at radius 1 is 0.656 bits per heavy atom. The molecule has 0 unspecified atom stereocenters. The Bertz CT molecular complexity index is 1170. The van der Waals surface area contributed by atoms with Crippen LogP contribution in [0.25, 0.3) is 10.8 Å². The number of fused-ring (bicyclic) bond motifs is 1. The molecule has 4 aromatic carbocycles. The van der Waals surface area contributed by atoms with Crippen LogP contribution in [0.3, 0.4) is 0 Å². The SMILES string of the molecule is COCCc1ccc(CCc2ccc3c(F)c(CCc4ccc(Cl)cc4)ccc3c2)cc1. The molecule has 0 N–H and O–H groups in total. The van der Waals surface area contributed by atoms with Crippen LogP contribution in [0, 0.1) is 5.82 Å². The first-order valence-electron chi connectivity index (χ1n) is 11.1. The van der Waals surface area contributed by atoms with Gasteiger partial charge in [-0.1, -0.05) is 78.3 Å². The van der Waals surface area contributed by atoms with E-state index >= 15 is 4.39 Å². The van der Waals surface area contributed by atoms with Crippen molar-refractivity contribution in [2.45, 2.75) is 32.1 Å². The van der Waals surface area contributed by atoms with Gasteiger partial charge >= 0.3 is 0 Å². The summed E-state index contributed by atoms with van der Waals surface area (Å²) in [5, 5.41) is 2.38. The fourth-order valence-electron chi connectivity index (χ4n) is 4.05. The molecule has 0 saturated heterocycles. The number of ether oxygens (including phenoxy) is 1. The van der Waals surface area contributed by atoms with Crippen LogP contribution in [-0.4, -0.2) is 13.7 Å². The molecule has 1 nitrogen and oxygen atoms in total. The zero-order chi connectivity index (χ0) is 22.3. The lowest BCUT2D eigenvalue weighted by molar-refractivity contribution is 0.202. The summed E-state index contributed by atoms with van der Waals surface area (Å²) in [7, 11) is 1.73. The van der Waals surface area contributed by atoms with Crippen LogP contribution in [0.4, 0.5) is 4.39 Å². The molecule has 4 rings (SSSR count). The van der Waals surface area contributed by atoms with Crippen LogP contribution in [0.2, 0.25) is 5.02 Å². The fraction of sp³-hybridized carbons (Fsp3) is 0.241. The van der Waals surface area contributed by atoms with Crippen molar-refractivity contribution in [2.24, 2.45) is 0 Å². The number of hydrogen-bond acceptors (Lipinski definition) is 1. The van der Waals surface area contributed by atoms with Gasteiger partial charge in [0.05, 0.1) is 6.61 Å². The van der Waals surface area contributed by atoms with E-state index in [1.807, 2.05) is 42.5 Å². The van der Waals surface area contributed by atoms with E-state index in [0.29, 0.717) is 11.8 Å². The maximum absolute atomic E-state index is 15.1. The van der Waals surface area contributed by atoms with Crippen molar-refractivity contribution in [3.63, 3.8) is 0 Å². The molecule has 0 aliphatic carbocycles. The molecular weight excluding hydrogens is 419 g/mol. The summed E-state index contributed by atoms with van der Waals surface area (Å²) in [5.41, 5.74) is 5.76. The van der Waals surface area contributed by atoms with Crippen molar-refractivity contribution < 1.29 is 9.13 Å². The normalized spacial score (nSPS) is 11.2. The monoisotopic (exact) mass is 446 g/mol. The highest BCUT2D eigenvalue weighted by molar-refractivity contribution is 6.30. The molecule has 32 heavy (non-hydrogen) atoms.